The third kappa shape index (κ3) is 25.5. The number of hydrogen-bond acceptors (Lipinski definition) is 16. The molecule has 1 aromatic heterocycles. The van der Waals surface area contributed by atoms with Gasteiger partial charge in [-0.3, -0.25) is 23.2 Å². The van der Waals surface area contributed by atoms with Gasteiger partial charge in [0.15, 0.2) is 12.3 Å². The summed E-state index contributed by atoms with van der Waals surface area (Å²) in [5.74, 6) is -0.508. The van der Waals surface area contributed by atoms with Crippen LogP contribution in [-0.4, -0.2) is 97.9 Å². The number of carbonyl (C=O) groups is 2. The van der Waals surface area contributed by atoms with Crippen LogP contribution in [0.3, 0.4) is 0 Å². The Morgan fingerprint density at radius 2 is 1.40 bits per heavy atom. The number of phosphoric acid groups is 2. The van der Waals surface area contributed by atoms with E-state index in [4.69, 9.17) is 33.7 Å². The molecule has 0 amide bonds. The van der Waals surface area contributed by atoms with E-state index in [0.29, 0.717) is 25.0 Å². The summed E-state index contributed by atoms with van der Waals surface area (Å²) in [4.78, 5) is 61.9. The summed E-state index contributed by atoms with van der Waals surface area (Å²) in [6, 6.07) is 1.25. The van der Waals surface area contributed by atoms with Gasteiger partial charge in [0.05, 0.1) is 25.4 Å². The van der Waals surface area contributed by atoms with E-state index < -0.39 is 83.7 Å². The first-order chi connectivity index (χ1) is 32.5. The lowest BCUT2D eigenvalue weighted by Gasteiger charge is -2.21. The van der Waals surface area contributed by atoms with Crippen LogP contribution < -0.4 is 11.4 Å². The number of nitrogens with zero attached hydrogens (tertiary/aromatic N) is 2. The number of hydrogen-bond donors (Lipinski definition) is 5. The smallest absolute Gasteiger partial charge is 0.462 e. The van der Waals surface area contributed by atoms with Crippen molar-refractivity contribution >= 4 is 33.4 Å². The molecule has 68 heavy (non-hydrogen) atoms. The van der Waals surface area contributed by atoms with Crippen LogP contribution in [-0.2, 0) is 51.0 Å². The Morgan fingerprint density at radius 1 is 0.779 bits per heavy atom. The van der Waals surface area contributed by atoms with Crippen LogP contribution in [0.5, 0.6) is 0 Å². The van der Waals surface area contributed by atoms with E-state index in [1.54, 1.807) is 0 Å². The molecule has 1 aromatic rings. The summed E-state index contributed by atoms with van der Waals surface area (Å²) in [6.07, 6.45) is 23.1. The zero-order valence-electron chi connectivity index (χ0n) is 40.8. The van der Waals surface area contributed by atoms with Crippen molar-refractivity contribution in [2.24, 2.45) is 5.92 Å². The number of aromatic nitrogens is 2. The molecule has 2 fully saturated rings. The molecule has 0 radical (unpaired) electrons. The number of aliphatic hydroxyl groups is 2. The first kappa shape index (κ1) is 59.8. The van der Waals surface area contributed by atoms with Crippen LogP contribution in [0, 0.1) is 5.92 Å². The highest BCUT2D eigenvalue weighted by atomic mass is 31.3. The Balaban J connectivity index is 1.40. The fraction of sp³-hybridized carbons (Fsp3) is 0.830. The Hall–Kier alpha value is -2.54. The van der Waals surface area contributed by atoms with Crippen LogP contribution in [0.15, 0.2) is 29.2 Å². The fourth-order valence-electron chi connectivity index (χ4n) is 7.88. The SMILES string of the molecule is CCCCC/C=C\CC1OC1CCCCCCCC(=O)O[C@H](COC(=O)CCCCCCCCCCCCC(C)CC)COP(=O)(O)OP(=O)(O)OC[C@H]1O[C@@H](n2ccc(N)nc2=O)[C@H](O)[C@@H]1O. The summed E-state index contributed by atoms with van der Waals surface area (Å²) in [5.41, 5.74) is 4.59. The molecule has 6 N–H and O–H groups in total. The van der Waals surface area contributed by atoms with Crippen molar-refractivity contribution in [1.29, 1.82) is 0 Å². The lowest BCUT2D eigenvalue weighted by atomic mass is 9.99. The van der Waals surface area contributed by atoms with E-state index in [1.807, 2.05) is 0 Å². The molecule has 2 aliphatic rings. The third-order valence-corrected chi connectivity index (χ3v) is 14.9. The second-order valence-corrected chi connectivity index (χ2v) is 21.3. The van der Waals surface area contributed by atoms with Crippen molar-refractivity contribution in [2.45, 2.75) is 224 Å². The molecule has 0 bridgehead atoms. The maximum absolute atomic E-state index is 12.9. The zero-order valence-corrected chi connectivity index (χ0v) is 42.6. The van der Waals surface area contributed by atoms with Gasteiger partial charge < -0.3 is 44.7 Å². The molecule has 0 saturated carbocycles. The largest absolute Gasteiger partial charge is 0.481 e. The topological polar surface area (TPSA) is 278 Å². The Bertz CT molecular complexity index is 1770. The number of nitrogen functional groups attached to an aromatic ring is 1. The zero-order chi connectivity index (χ0) is 49.8. The van der Waals surface area contributed by atoms with E-state index in [2.05, 4.69) is 42.2 Å². The van der Waals surface area contributed by atoms with E-state index in [-0.39, 0.29) is 18.7 Å². The third-order valence-electron chi connectivity index (χ3n) is 12.3. The van der Waals surface area contributed by atoms with E-state index in [1.165, 1.54) is 70.3 Å². The molecule has 2 aliphatic heterocycles. The molecule has 3 rings (SSSR count). The van der Waals surface area contributed by atoms with Crippen LogP contribution in [0.2, 0.25) is 0 Å². The van der Waals surface area contributed by atoms with Gasteiger partial charge in [-0.25, -0.2) is 13.9 Å². The summed E-state index contributed by atoms with van der Waals surface area (Å²) in [7, 11) is -10.8. The Labute approximate surface area is 403 Å². The number of epoxide rings is 1. The predicted octanol–water partition coefficient (Wildman–Crippen LogP) is 8.90. The number of carbonyl (C=O) groups excluding carboxylic acids is 2. The number of anilines is 1. The number of esters is 2. The van der Waals surface area contributed by atoms with Crippen LogP contribution in [0.4, 0.5) is 5.82 Å². The van der Waals surface area contributed by atoms with Crippen molar-refractivity contribution < 1.29 is 71.0 Å². The number of aliphatic hydroxyl groups excluding tert-OH is 2. The summed E-state index contributed by atoms with van der Waals surface area (Å²) < 4.78 is 62.6. The molecule has 5 unspecified atom stereocenters. The van der Waals surface area contributed by atoms with Crippen molar-refractivity contribution in [3.63, 3.8) is 0 Å². The second-order valence-electron chi connectivity index (χ2n) is 18.3. The van der Waals surface area contributed by atoms with Gasteiger partial charge in [0.1, 0.15) is 30.7 Å². The average Bonchev–Trinajstić information content (AvgIpc) is 3.98. The molecular formula is C47H83N3O16P2. The quantitative estimate of drug-likeness (QED) is 0.0135. The first-order valence-electron chi connectivity index (χ1n) is 25.2. The standard InChI is InChI=1S/C47H83N3O16P2/c1-4-6-7-8-17-22-27-38-39(64-38)28-23-18-15-20-25-30-43(52)63-37(33-60-42(51)29-24-19-14-12-10-9-11-13-16-21-26-36(3)5-2)34-61-67(56,57)66-68(58,59)62-35-40-44(53)45(54)46(65-40)50-32-31-41(48)49-47(50)55/h17,22,31-32,36-40,44-46,53-54H,4-16,18-21,23-30,33-35H2,1-3H3,(H,56,57)(H,58,59)(H2,48,49,55)/b22-17-/t36?,37-,38?,39?,40-,44-,45-,46-/m1/s1. The number of unbranched alkanes of at least 4 members (excludes halogenated alkanes) is 16. The molecule has 21 heteroatoms. The first-order valence-corrected chi connectivity index (χ1v) is 28.2. The van der Waals surface area contributed by atoms with Gasteiger partial charge in [-0.15, -0.1) is 0 Å². The summed E-state index contributed by atoms with van der Waals surface area (Å²) in [6.45, 7) is 4.43. The second kappa shape index (κ2) is 33.2. The molecule has 2 saturated heterocycles. The maximum atomic E-state index is 12.9. The highest BCUT2D eigenvalue weighted by Crippen LogP contribution is 2.60. The molecule has 0 aliphatic carbocycles. The summed E-state index contributed by atoms with van der Waals surface area (Å²) in [5, 5.41) is 20.9. The van der Waals surface area contributed by atoms with E-state index in [0.717, 1.165) is 87.3 Å². The number of phosphoric ester groups is 2. The lowest BCUT2D eigenvalue weighted by Crippen LogP contribution is -2.36. The number of allylic oxidation sites excluding steroid dienone is 1. The van der Waals surface area contributed by atoms with Crippen molar-refractivity contribution in [1.82, 2.24) is 9.55 Å². The van der Waals surface area contributed by atoms with Gasteiger partial charge in [0, 0.05) is 19.0 Å². The van der Waals surface area contributed by atoms with Gasteiger partial charge in [-0.1, -0.05) is 142 Å². The van der Waals surface area contributed by atoms with Crippen molar-refractivity contribution in [3.05, 3.63) is 34.9 Å². The molecule has 392 valence electrons. The monoisotopic (exact) mass is 1010 g/mol. The molecular weight excluding hydrogens is 924 g/mol. The van der Waals surface area contributed by atoms with E-state index in [9.17, 15) is 43.5 Å². The minimum Gasteiger partial charge on any atom is -0.462 e. The van der Waals surface area contributed by atoms with Gasteiger partial charge in [-0.2, -0.15) is 9.29 Å². The minimum atomic E-state index is -5.43. The number of rotatable bonds is 40. The van der Waals surface area contributed by atoms with Crippen LogP contribution in [0.1, 0.15) is 188 Å². The van der Waals surface area contributed by atoms with Gasteiger partial charge in [0.25, 0.3) is 0 Å². The Morgan fingerprint density at radius 3 is 2.04 bits per heavy atom. The maximum Gasteiger partial charge on any atom is 0.481 e. The minimum absolute atomic E-state index is 0.0299. The summed E-state index contributed by atoms with van der Waals surface area (Å²) >= 11 is 0. The van der Waals surface area contributed by atoms with Crippen molar-refractivity contribution in [2.75, 3.05) is 25.6 Å². The van der Waals surface area contributed by atoms with Gasteiger partial charge in [0.2, 0.25) is 0 Å². The van der Waals surface area contributed by atoms with Crippen LogP contribution >= 0.6 is 15.6 Å². The molecule has 19 nitrogen and oxygen atoms in total. The number of ether oxygens (including phenoxy) is 4. The van der Waals surface area contributed by atoms with Crippen LogP contribution in [0.25, 0.3) is 0 Å². The van der Waals surface area contributed by atoms with E-state index >= 15 is 0 Å². The highest BCUT2D eigenvalue weighted by molar-refractivity contribution is 7.61. The highest BCUT2D eigenvalue weighted by Gasteiger charge is 2.46. The molecule has 10 atom stereocenters. The normalized spacial score (nSPS) is 23.0. The average molecular weight is 1010 g/mol. The number of nitrogens with two attached hydrogens (primary N) is 1. The molecule has 3 heterocycles. The fourth-order valence-corrected chi connectivity index (χ4v) is 9.99. The molecule has 0 spiro atoms. The predicted molar refractivity (Wildman–Crippen MR) is 256 cm³/mol. The Kier molecular flexibility index (Phi) is 29.2. The van der Waals surface area contributed by atoms with Gasteiger partial charge >= 0.3 is 33.3 Å². The van der Waals surface area contributed by atoms with Crippen molar-refractivity contribution in [3.8, 4) is 0 Å². The van der Waals surface area contributed by atoms with Gasteiger partial charge in [-0.05, 0) is 50.5 Å². The molecule has 0 aromatic carbocycles. The lowest BCUT2D eigenvalue weighted by molar-refractivity contribution is -0.161.